The second-order valence-corrected chi connectivity index (χ2v) is 14.4. The molecule has 1 aliphatic rings. The van der Waals surface area contributed by atoms with Gasteiger partial charge in [-0.25, -0.2) is 9.18 Å². The van der Waals surface area contributed by atoms with Crippen LogP contribution in [0.15, 0.2) is 53.7 Å². The number of hydrogen-bond acceptors (Lipinski definition) is 4. The summed E-state index contributed by atoms with van der Waals surface area (Å²) in [6.45, 7) is 11.3. The number of oxime groups is 1. The molecule has 1 heterocycles. The number of urea groups is 1. The lowest BCUT2D eigenvalue weighted by atomic mass is 9.94. The van der Waals surface area contributed by atoms with E-state index in [0.29, 0.717) is 18.1 Å². The van der Waals surface area contributed by atoms with Crippen LogP contribution in [0.3, 0.4) is 0 Å². The maximum Gasteiger partial charge on any atom is 0.319 e. The Bertz CT molecular complexity index is 988. The van der Waals surface area contributed by atoms with Gasteiger partial charge in [-0.2, -0.15) is 0 Å². The maximum absolute atomic E-state index is 13.2. The smallest absolute Gasteiger partial charge is 0.319 e. The Morgan fingerprint density at radius 3 is 2.33 bits per heavy atom. The van der Waals surface area contributed by atoms with Crippen LogP contribution >= 0.6 is 0 Å². The maximum atomic E-state index is 13.2. The second-order valence-electron chi connectivity index (χ2n) is 9.67. The zero-order valence-electron chi connectivity index (χ0n) is 20.0. The Morgan fingerprint density at radius 2 is 1.76 bits per heavy atom. The summed E-state index contributed by atoms with van der Waals surface area (Å²) in [7, 11) is -0.506. The molecule has 2 aromatic rings. The predicted octanol–water partition coefficient (Wildman–Crippen LogP) is 5.05. The number of carbonyl (C=O) groups is 1. The van der Waals surface area contributed by atoms with Crippen LogP contribution in [-0.2, 0) is 4.53 Å². The van der Waals surface area contributed by atoms with Gasteiger partial charge >= 0.3 is 6.03 Å². The zero-order valence-corrected chi connectivity index (χ0v) is 21.0. The SMILES string of the molecule is COc1ccc([C@@H]2CN/C(=N\O[Si](C)(C)C(C)(C)C)C2NC(=O)Nc2ccc(F)cc2)cc1. The summed E-state index contributed by atoms with van der Waals surface area (Å²) in [5.74, 6) is 0.919. The van der Waals surface area contributed by atoms with Gasteiger partial charge in [0.05, 0.1) is 7.11 Å². The van der Waals surface area contributed by atoms with E-state index >= 15 is 0 Å². The largest absolute Gasteiger partial charge is 0.497 e. The van der Waals surface area contributed by atoms with Gasteiger partial charge in [-0.05, 0) is 60.1 Å². The topological polar surface area (TPSA) is 84.0 Å². The lowest BCUT2D eigenvalue weighted by Gasteiger charge is -2.33. The molecule has 1 saturated heterocycles. The molecule has 7 nitrogen and oxygen atoms in total. The van der Waals surface area contributed by atoms with E-state index < -0.39 is 20.4 Å². The summed E-state index contributed by atoms with van der Waals surface area (Å²) < 4.78 is 24.5. The van der Waals surface area contributed by atoms with Gasteiger partial charge in [-0.1, -0.05) is 38.1 Å². The summed E-state index contributed by atoms with van der Waals surface area (Å²) in [6.07, 6.45) is 0. The highest BCUT2D eigenvalue weighted by Crippen LogP contribution is 2.37. The fourth-order valence-electron chi connectivity index (χ4n) is 3.19. The van der Waals surface area contributed by atoms with Crippen molar-refractivity contribution in [3.8, 4) is 5.75 Å². The predicted molar refractivity (Wildman–Crippen MR) is 132 cm³/mol. The standard InChI is InChI=1S/C24H33FN4O3Si/c1-24(2,3)33(5,6)32-29-22-21(28-23(30)27-18-11-9-17(25)10-12-18)20(15-26-22)16-7-13-19(31-4)14-8-16/h7-14,20-21H,15H2,1-6H3,(H,26,29)(H2,27,28,30)/t20-,21?/m0/s1. The van der Waals surface area contributed by atoms with Gasteiger partial charge in [0.2, 0.25) is 0 Å². The first-order valence-electron chi connectivity index (χ1n) is 11.0. The molecule has 0 bridgehead atoms. The van der Waals surface area contributed by atoms with Gasteiger partial charge in [-0.15, -0.1) is 0 Å². The minimum absolute atomic E-state index is 0.00602. The minimum atomic E-state index is -2.13. The minimum Gasteiger partial charge on any atom is -0.497 e. The molecule has 2 atom stereocenters. The highest BCUT2D eigenvalue weighted by Gasteiger charge is 2.41. The van der Waals surface area contributed by atoms with E-state index in [1.165, 1.54) is 24.3 Å². The number of rotatable bonds is 6. The molecule has 0 saturated carbocycles. The van der Waals surface area contributed by atoms with Crippen LogP contribution in [-0.4, -0.2) is 39.9 Å². The molecule has 33 heavy (non-hydrogen) atoms. The molecule has 2 amide bonds. The summed E-state index contributed by atoms with van der Waals surface area (Å²) >= 11 is 0. The highest BCUT2D eigenvalue weighted by atomic mass is 28.4. The van der Waals surface area contributed by atoms with Crippen molar-refractivity contribution in [3.63, 3.8) is 0 Å². The molecule has 2 aromatic carbocycles. The highest BCUT2D eigenvalue weighted by molar-refractivity contribution is 6.74. The molecule has 1 aliphatic heterocycles. The summed E-state index contributed by atoms with van der Waals surface area (Å²) in [4.78, 5) is 12.8. The van der Waals surface area contributed by atoms with Crippen LogP contribution in [0.2, 0.25) is 18.1 Å². The van der Waals surface area contributed by atoms with Crippen molar-refractivity contribution in [3.05, 3.63) is 59.9 Å². The molecule has 178 valence electrons. The van der Waals surface area contributed by atoms with Crippen molar-refractivity contribution in [2.75, 3.05) is 19.0 Å². The van der Waals surface area contributed by atoms with Crippen LogP contribution in [0.4, 0.5) is 14.9 Å². The number of methoxy groups -OCH3 is 1. The number of halogens is 1. The van der Waals surface area contributed by atoms with Gasteiger partial charge < -0.3 is 25.2 Å². The number of anilines is 1. The van der Waals surface area contributed by atoms with E-state index in [1.807, 2.05) is 24.3 Å². The van der Waals surface area contributed by atoms with Crippen molar-refractivity contribution in [2.24, 2.45) is 5.16 Å². The van der Waals surface area contributed by atoms with Gasteiger partial charge in [0.15, 0.2) is 5.84 Å². The third kappa shape index (κ3) is 6.04. The molecule has 0 aromatic heterocycles. The second kappa shape index (κ2) is 9.82. The van der Waals surface area contributed by atoms with Crippen LogP contribution < -0.4 is 20.7 Å². The number of amidine groups is 1. The molecule has 3 rings (SSSR count). The molecule has 1 unspecified atom stereocenters. The summed E-state index contributed by atoms with van der Waals surface area (Å²) in [6, 6.07) is 12.5. The van der Waals surface area contributed by atoms with Crippen molar-refractivity contribution < 1.29 is 18.4 Å². The van der Waals surface area contributed by atoms with E-state index in [1.54, 1.807) is 7.11 Å². The number of benzene rings is 2. The Morgan fingerprint density at radius 1 is 1.12 bits per heavy atom. The van der Waals surface area contributed by atoms with E-state index in [4.69, 9.17) is 9.26 Å². The van der Waals surface area contributed by atoms with Crippen molar-refractivity contribution in [1.82, 2.24) is 10.6 Å². The Labute approximate surface area is 195 Å². The van der Waals surface area contributed by atoms with Crippen LogP contribution in [0.5, 0.6) is 5.75 Å². The van der Waals surface area contributed by atoms with Crippen LogP contribution in [0.1, 0.15) is 32.3 Å². The lowest BCUT2D eigenvalue weighted by Crippen LogP contribution is -2.46. The third-order valence-corrected chi connectivity index (χ3v) is 10.5. The number of ether oxygens (including phenoxy) is 1. The molecular formula is C24H33FN4O3Si. The Hall–Kier alpha value is -3.07. The number of nitrogens with one attached hydrogen (secondary N) is 3. The van der Waals surface area contributed by atoms with E-state index in [-0.39, 0.29) is 16.8 Å². The zero-order chi connectivity index (χ0) is 24.2. The van der Waals surface area contributed by atoms with Crippen LogP contribution in [0.25, 0.3) is 0 Å². The van der Waals surface area contributed by atoms with Gasteiger partial charge in [-0.3, -0.25) is 0 Å². The summed E-state index contributed by atoms with van der Waals surface area (Å²) in [5, 5.41) is 13.5. The lowest BCUT2D eigenvalue weighted by molar-refractivity contribution is 0.249. The van der Waals surface area contributed by atoms with E-state index in [0.717, 1.165) is 11.3 Å². The molecular weight excluding hydrogens is 439 g/mol. The van der Waals surface area contributed by atoms with Crippen molar-refractivity contribution in [1.29, 1.82) is 0 Å². The first kappa shape index (κ1) is 24.6. The quantitative estimate of drug-likeness (QED) is 0.406. The van der Waals surface area contributed by atoms with Gasteiger partial charge in [0.25, 0.3) is 8.32 Å². The third-order valence-electron chi connectivity index (χ3n) is 6.31. The van der Waals surface area contributed by atoms with Gasteiger partial charge in [0, 0.05) is 18.2 Å². The number of nitrogens with zero attached hydrogens (tertiary/aromatic N) is 1. The number of amides is 2. The average molecular weight is 473 g/mol. The normalized spacial score (nSPS) is 19.7. The van der Waals surface area contributed by atoms with Crippen LogP contribution in [0, 0.1) is 5.82 Å². The molecule has 0 spiro atoms. The molecule has 3 N–H and O–H groups in total. The molecule has 9 heteroatoms. The molecule has 0 radical (unpaired) electrons. The van der Waals surface area contributed by atoms with Crippen molar-refractivity contribution in [2.45, 2.75) is 50.9 Å². The average Bonchev–Trinajstić information content (AvgIpc) is 3.15. The number of carbonyl (C=O) groups excluding carboxylic acids is 1. The Kier molecular flexibility index (Phi) is 7.31. The first-order chi connectivity index (χ1) is 15.5. The number of hydrogen-bond donors (Lipinski definition) is 3. The van der Waals surface area contributed by atoms with E-state index in [2.05, 4.69) is 55.0 Å². The van der Waals surface area contributed by atoms with Gasteiger partial charge in [0.1, 0.15) is 17.6 Å². The summed E-state index contributed by atoms with van der Waals surface area (Å²) in [5.41, 5.74) is 1.53. The van der Waals surface area contributed by atoms with Crippen molar-refractivity contribution >= 4 is 25.9 Å². The monoisotopic (exact) mass is 472 g/mol. The Balaban J connectivity index is 1.83. The molecule has 1 fully saturated rings. The first-order valence-corrected chi connectivity index (χ1v) is 13.9. The van der Waals surface area contributed by atoms with E-state index in [9.17, 15) is 9.18 Å². The fourth-order valence-corrected chi connectivity index (χ4v) is 3.79. The molecule has 0 aliphatic carbocycles. The fraction of sp³-hybridized carbons (Fsp3) is 0.417.